The van der Waals surface area contributed by atoms with E-state index in [1.807, 2.05) is 0 Å². The van der Waals surface area contributed by atoms with Gasteiger partial charge >= 0.3 is 11.9 Å². The van der Waals surface area contributed by atoms with Gasteiger partial charge in [0.2, 0.25) is 5.91 Å². The molecule has 0 saturated carbocycles. The first-order chi connectivity index (χ1) is 10.9. The van der Waals surface area contributed by atoms with Gasteiger partial charge in [0.05, 0.1) is 11.3 Å². The van der Waals surface area contributed by atoms with Crippen molar-refractivity contribution in [2.75, 3.05) is 5.75 Å². The number of carbonyl (C=O) groups excluding carboxylic acids is 2. The molecule has 0 aromatic carbocycles. The van der Waals surface area contributed by atoms with Gasteiger partial charge in [-0.1, -0.05) is 26.2 Å². The highest BCUT2D eigenvalue weighted by atomic mass is 32.2. The van der Waals surface area contributed by atoms with Gasteiger partial charge in [0.25, 0.3) is 0 Å². The summed E-state index contributed by atoms with van der Waals surface area (Å²) in [4.78, 5) is 36.3. The highest BCUT2D eigenvalue weighted by Gasteiger charge is 2.53. The maximum Gasteiger partial charge on any atom is 0.352 e. The average Bonchev–Trinajstić information content (AvgIpc) is 2.48. The van der Waals surface area contributed by atoms with E-state index in [0.29, 0.717) is 5.75 Å². The SMILES string of the molecule is CCCCC[C@@H]1C(=O)N2C(C(=O)O)=C(C(N)OC(C)=O)CS[C@H]12. The predicted octanol–water partition coefficient (Wildman–Crippen LogP) is 1.28. The van der Waals surface area contributed by atoms with E-state index in [-0.39, 0.29) is 28.5 Å². The summed E-state index contributed by atoms with van der Waals surface area (Å²) in [6.07, 6.45) is 2.73. The molecule has 128 valence electrons. The lowest BCUT2D eigenvalue weighted by Crippen LogP contribution is -2.62. The maximum absolute atomic E-state index is 12.4. The lowest BCUT2D eigenvalue weighted by atomic mass is 9.90. The number of ether oxygens (including phenoxy) is 1. The number of nitrogens with two attached hydrogens (primary N) is 1. The average molecular weight is 342 g/mol. The smallest absolute Gasteiger partial charge is 0.352 e. The van der Waals surface area contributed by atoms with Gasteiger partial charge in [0, 0.05) is 18.2 Å². The first kappa shape index (κ1) is 17.8. The predicted molar refractivity (Wildman–Crippen MR) is 85.1 cm³/mol. The summed E-state index contributed by atoms with van der Waals surface area (Å²) in [6.45, 7) is 3.30. The molecule has 0 radical (unpaired) electrons. The number of carbonyl (C=O) groups is 3. The molecule has 2 aliphatic rings. The zero-order valence-electron chi connectivity index (χ0n) is 13.3. The molecule has 1 saturated heterocycles. The summed E-state index contributed by atoms with van der Waals surface area (Å²) < 4.78 is 4.89. The van der Waals surface area contributed by atoms with Gasteiger partial charge in [-0.05, 0) is 6.42 Å². The number of hydrogen-bond donors (Lipinski definition) is 2. The molecule has 0 bridgehead atoms. The minimum Gasteiger partial charge on any atom is -0.477 e. The molecular formula is C15H22N2O5S. The van der Waals surface area contributed by atoms with E-state index >= 15 is 0 Å². The van der Waals surface area contributed by atoms with Crippen molar-refractivity contribution >= 4 is 29.6 Å². The Kier molecular flexibility index (Phi) is 5.69. The van der Waals surface area contributed by atoms with E-state index in [2.05, 4.69) is 6.92 Å². The molecule has 3 atom stereocenters. The van der Waals surface area contributed by atoms with Crippen LogP contribution in [0.15, 0.2) is 11.3 Å². The molecule has 2 aliphatic heterocycles. The van der Waals surface area contributed by atoms with Crippen molar-refractivity contribution in [2.24, 2.45) is 11.7 Å². The number of carboxylic acids is 1. The molecule has 3 N–H and O–H groups in total. The van der Waals surface area contributed by atoms with Crippen LogP contribution in [0.5, 0.6) is 0 Å². The van der Waals surface area contributed by atoms with E-state index in [1.54, 1.807) is 0 Å². The van der Waals surface area contributed by atoms with E-state index in [0.717, 1.165) is 25.7 Å². The van der Waals surface area contributed by atoms with Crippen LogP contribution in [0.25, 0.3) is 0 Å². The normalized spacial score (nSPS) is 24.8. The fraction of sp³-hybridized carbons (Fsp3) is 0.667. The van der Waals surface area contributed by atoms with Crippen LogP contribution in [0.4, 0.5) is 0 Å². The quantitative estimate of drug-likeness (QED) is 0.310. The van der Waals surface area contributed by atoms with Gasteiger partial charge in [-0.15, -0.1) is 11.8 Å². The number of carboxylic acid groups (broad SMARTS) is 1. The zero-order chi connectivity index (χ0) is 17.1. The highest BCUT2D eigenvalue weighted by Crippen LogP contribution is 2.46. The fourth-order valence-electron chi connectivity index (χ4n) is 2.94. The van der Waals surface area contributed by atoms with Crippen molar-refractivity contribution in [3.05, 3.63) is 11.3 Å². The first-order valence-electron chi connectivity index (χ1n) is 7.72. The lowest BCUT2D eigenvalue weighted by Gasteiger charge is -2.50. The Labute approximate surface area is 139 Å². The van der Waals surface area contributed by atoms with Crippen molar-refractivity contribution in [2.45, 2.75) is 51.1 Å². The third-order valence-corrected chi connectivity index (χ3v) is 5.42. The zero-order valence-corrected chi connectivity index (χ0v) is 14.1. The molecule has 2 heterocycles. The van der Waals surface area contributed by atoms with Crippen LogP contribution in [0.2, 0.25) is 0 Å². The molecule has 8 heteroatoms. The molecule has 0 aliphatic carbocycles. The number of esters is 1. The summed E-state index contributed by atoms with van der Waals surface area (Å²) in [5.41, 5.74) is 5.92. The first-order valence-corrected chi connectivity index (χ1v) is 8.77. The molecule has 1 unspecified atom stereocenters. The van der Waals surface area contributed by atoms with Crippen molar-refractivity contribution in [1.29, 1.82) is 0 Å². The Morgan fingerprint density at radius 3 is 2.74 bits per heavy atom. The van der Waals surface area contributed by atoms with Crippen LogP contribution >= 0.6 is 11.8 Å². The van der Waals surface area contributed by atoms with Crippen LogP contribution in [0.1, 0.15) is 39.5 Å². The van der Waals surface area contributed by atoms with E-state index in [1.165, 1.54) is 23.6 Å². The van der Waals surface area contributed by atoms with Crippen LogP contribution in [-0.2, 0) is 19.1 Å². The van der Waals surface area contributed by atoms with Crippen LogP contribution < -0.4 is 5.73 Å². The molecule has 23 heavy (non-hydrogen) atoms. The van der Waals surface area contributed by atoms with E-state index < -0.39 is 18.2 Å². The van der Waals surface area contributed by atoms with Crippen LogP contribution in [0.3, 0.4) is 0 Å². The van der Waals surface area contributed by atoms with Gasteiger partial charge in [0.15, 0.2) is 6.23 Å². The Morgan fingerprint density at radius 2 is 2.17 bits per heavy atom. The Morgan fingerprint density at radius 1 is 1.48 bits per heavy atom. The molecular weight excluding hydrogens is 320 g/mol. The van der Waals surface area contributed by atoms with Crippen molar-refractivity contribution in [3.8, 4) is 0 Å². The number of rotatable bonds is 7. The third-order valence-electron chi connectivity index (χ3n) is 4.07. The van der Waals surface area contributed by atoms with Gasteiger partial charge in [-0.2, -0.15) is 0 Å². The largest absolute Gasteiger partial charge is 0.477 e. The number of hydrogen-bond acceptors (Lipinski definition) is 6. The monoisotopic (exact) mass is 342 g/mol. The Hall–Kier alpha value is -1.54. The minimum absolute atomic E-state index is 0.126. The second-order valence-electron chi connectivity index (χ2n) is 5.72. The van der Waals surface area contributed by atoms with Crippen molar-refractivity contribution < 1.29 is 24.2 Å². The molecule has 2 rings (SSSR count). The Bertz CT molecular complexity index is 548. The fourth-order valence-corrected chi connectivity index (χ4v) is 4.43. The number of β-lactam (4-membered cyclic amide) rings is 1. The molecule has 0 spiro atoms. The summed E-state index contributed by atoms with van der Waals surface area (Å²) in [5, 5.41) is 9.32. The molecule has 1 fully saturated rings. The second kappa shape index (κ2) is 7.35. The number of amides is 1. The van der Waals surface area contributed by atoms with Gasteiger partial charge < -0.3 is 9.84 Å². The second-order valence-corrected chi connectivity index (χ2v) is 6.83. The lowest BCUT2D eigenvalue weighted by molar-refractivity contribution is -0.153. The number of aliphatic carboxylic acids is 1. The standard InChI is InChI=1S/C15H22N2O5S/c1-3-4-5-6-9-13(19)17-11(15(20)21)10(7-23-14(9)17)12(16)22-8(2)18/h9,12,14H,3-7,16H2,1-2H3,(H,20,21)/t9-,12?,14-/m1/s1. The summed E-state index contributed by atoms with van der Waals surface area (Å²) in [7, 11) is 0. The van der Waals surface area contributed by atoms with E-state index in [4.69, 9.17) is 10.5 Å². The number of unbranched alkanes of at least 4 members (excludes halogenated alkanes) is 2. The summed E-state index contributed by atoms with van der Waals surface area (Å²) in [5.74, 6) is -1.77. The van der Waals surface area contributed by atoms with Gasteiger partial charge in [-0.25, -0.2) is 4.79 Å². The molecule has 0 aromatic rings. The molecule has 0 aromatic heterocycles. The highest BCUT2D eigenvalue weighted by molar-refractivity contribution is 8.00. The van der Waals surface area contributed by atoms with Crippen molar-refractivity contribution in [3.63, 3.8) is 0 Å². The van der Waals surface area contributed by atoms with Crippen LogP contribution in [-0.4, -0.2) is 45.2 Å². The van der Waals surface area contributed by atoms with Gasteiger partial charge in [0.1, 0.15) is 5.70 Å². The Balaban J connectivity index is 2.18. The number of fused-ring (bicyclic) bond motifs is 1. The third kappa shape index (κ3) is 3.53. The summed E-state index contributed by atoms with van der Waals surface area (Å²) >= 11 is 1.48. The van der Waals surface area contributed by atoms with Crippen LogP contribution in [0, 0.1) is 5.92 Å². The molecule has 1 amide bonds. The van der Waals surface area contributed by atoms with E-state index in [9.17, 15) is 19.5 Å². The number of nitrogens with zero attached hydrogens (tertiary/aromatic N) is 1. The topological polar surface area (TPSA) is 110 Å². The van der Waals surface area contributed by atoms with Crippen molar-refractivity contribution in [1.82, 2.24) is 4.90 Å². The van der Waals surface area contributed by atoms with Gasteiger partial charge in [-0.3, -0.25) is 20.2 Å². The minimum atomic E-state index is -1.21. The molecule has 7 nitrogen and oxygen atoms in total. The maximum atomic E-state index is 12.4. The summed E-state index contributed by atoms with van der Waals surface area (Å²) in [6, 6.07) is 0. The number of thioether (sulfide) groups is 1.